The number of likely N-dealkylation sites (tertiary alicyclic amines) is 1. The predicted molar refractivity (Wildman–Crippen MR) is 112 cm³/mol. The summed E-state index contributed by atoms with van der Waals surface area (Å²) in [4.78, 5) is 2.44. The molecule has 3 rings (SSSR count). The largest absolute Gasteiger partial charge is 0.493 e. The fourth-order valence-corrected chi connectivity index (χ4v) is 3.48. The molecule has 5 nitrogen and oxygen atoms in total. The van der Waals surface area contributed by atoms with Gasteiger partial charge in [-0.05, 0) is 55.6 Å². The quantitative estimate of drug-likeness (QED) is 0.616. The van der Waals surface area contributed by atoms with Crippen molar-refractivity contribution >= 4 is 0 Å². The number of aliphatic hydroxyl groups is 1. The monoisotopic (exact) mass is 384 g/mol. The third-order valence-electron chi connectivity index (χ3n) is 5.18. The summed E-state index contributed by atoms with van der Waals surface area (Å²) in [6.07, 6.45) is 2.84. The Morgan fingerprint density at radius 2 is 1.82 bits per heavy atom. The Kier molecular flexibility index (Phi) is 8.15. The van der Waals surface area contributed by atoms with Gasteiger partial charge in [-0.1, -0.05) is 36.4 Å². The molecular weight excluding hydrogens is 352 g/mol. The number of nitrogens with zero attached hydrogens (tertiary/aromatic N) is 1. The summed E-state index contributed by atoms with van der Waals surface area (Å²) in [6, 6.07) is 16.3. The van der Waals surface area contributed by atoms with E-state index in [9.17, 15) is 5.11 Å². The Morgan fingerprint density at radius 1 is 1.04 bits per heavy atom. The van der Waals surface area contributed by atoms with Crippen molar-refractivity contribution < 1.29 is 14.6 Å². The maximum Gasteiger partial charge on any atom is 0.161 e. The van der Waals surface area contributed by atoms with Gasteiger partial charge in [0.05, 0.1) is 13.2 Å². The van der Waals surface area contributed by atoms with E-state index in [-0.39, 0.29) is 6.10 Å². The van der Waals surface area contributed by atoms with E-state index in [1.807, 2.05) is 24.3 Å². The Morgan fingerprint density at radius 3 is 2.57 bits per heavy atom. The van der Waals surface area contributed by atoms with Gasteiger partial charge in [0.1, 0.15) is 6.61 Å². The van der Waals surface area contributed by atoms with Crippen LogP contribution in [-0.4, -0.2) is 49.4 Å². The molecule has 0 bridgehead atoms. The van der Waals surface area contributed by atoms with E-state index in [0.717, 1.165) is 69.0 Å². The summed E-state index contributed by atoms with van der Waals surface area (Å²) in [7, 11) is 1.67. The number of benzene rings is 2. The van der Waals surface area contributed by atoms with Crippen molar-refractivity contribution in [1.82, 2.24) is 10.2 Å². The van der Waals surface area contributed by atoms with Gasteiger partial charge in [-0.25, -0.2) is 0 Å². The van der Waals surface area contributed by atoms with E-state index >= 15 is 0 Å². The van der Waals surface area contributed by atoms with Crippen LogP contribution in [0.15, 0.2) is 48.5 Å². The molecule has 2 N–H and O–H groups in total. The molecule has 0 saturated carbocycles. The molecule has 2 aromatic rings. The predicted octanol–water partition coefficient (Wildman–Crippen LogP) is 3.21. The Labute approximate surface area is 168 Å². The molecule has 28 heavy (non-hydrogen) atoms. The third-order valence-corrected chi connectivity index (χ3v) is 5.18. The van der Waals surface area contributed by atoms with Crippen LogP contribution in [0.4, 0.5) is 0 Å². The molecule has 0 aromatic heterocycles. The molecule has 0 spiro atoms. The molecule has 0 atom stereocenters. The van der Waals surface area contributed by atoms with Crippen molar-refractivity contribution in [1.29, 1.82) is 0 Å². The first-order chi connectivity index (χ1) is 13.7. The van der Waals surface area contributed by atoms with Crippen LogP contribution in [0.5, 0.6) is 11.5 Å². The Balaban J connectivity index is 1.42. The molecule has 0 aliphatic carbocycles. The maximum atomic E-state index is 9.57. The number of methoxy groups -OCH3 is 1. The first-order valence-corrected chi connectivity index (χ1v) is 10.2. The van der Waals surface area contributed by atoms with Gasteiger partial charge < -0.3 is 24.8 Å². The molecule has 1 heterocycles. The average Bonchev–Trinajstić information content (AvgIpc) is 2.74. The van der Waals surface area contributed by atoms with Gasteiger partial charge in [-0.2, -0.15) is 0 Å². The van der Waals surface area contributed by atoms with Gasteiger partial charge in [0, 0.05) is 19.6 Å². The number of aliphatic hydroxyl groups excluding tert-OH is 1. The summed E-state index contributed by atoms with van der Waals surface area (Å²) in [5.41, 5.74) is 2.32. The molecule has 0 unspecified atom stereocenters. The summed E-state index contributed by atoms with van der Waals surface area (Å²) in [5, 5.41) is 13.1. The molecule has 1 aliphatic heterocycles. The molecule has 1 saturated heterocycles. The number of piperidine rings is 1. The van der Waals surface area contributed by atoms with Gasteiger partial charge in [0.15, 0.2) is 11.5 Å². The van der Waals surface area contributed by atoms with E-state index < -0.39 is 0 Å². The number of ether oxygens (including phenoxy) is 2. The highest BCUT2D eigenvalue weighted by Gasteiger charge is 2.15. The zero-order chi connectivity index (χ0) is 19.6. The minimum Gasteiger partial charge on any atom is -0.493 e. The average molecular weight is 385 g/mol. The van der Waals surface area contributed by atoms with Crippen LogP contribution in [0.1, 0.15) is 30.4 Å². The molecule has 2 aromatic carbocycles. The van der Waals surface area contributed by atoms with Crippen LogP contribution in [0.3, 0.4) is 0 Å². The van der Waals surface area contributed by atoms with Crippen molar-refractivity contribution in [2.24, 2.45) is 0 Å². The highest BCUT2D eigenvalue weighted by atomic mass is 16.5. The summed E-state index contributed by atoms with van der Waals surface area (Å²) < 4.78 is 11.4. The second-order valence-corrected chi connectivity index (χ2v) is 7.36. The lowest BCUT2D eigenvalue weighted by Crippen LogP contribution is -2.37. The lowest BCUT2D eigenvalue weighted by molar-refractivity contribution is 0.0821. The van der Waals surface area contributed by atoms with E-state index in [4.69, 9.17) is 9.47 Å². The molecule has 5 heteroatoms. The SMILES string of the molecule is COc1ccc(CNCCCN2CCC(O)CC2)cc1OCc1ccccc1. The zero-order valence-corrected chi connectivity index (χ0v) is 16.8. The van der Waals surface area contributed by atoms with Crippen molar-refractivity contribution in [2.75, 3.05) is 33.3 Å². The van der Waals surface area contributed by atoms with Gasteiger partial charge in [0.2, 0.25) is 0 Å². The second-order valence-electron chi connectivity index (χ2n) is 7.36. The van der Waals surface area contributed by atoms with Gasteiger partial charge >= 0.3 is 0 Å². The molecule has 0 amide bonds. The fraction of sp³-hybridized carbons (Fsp3) is 0.478. The molecule has 152 valence electrons. The lowest BCUT2D eigenvalue weighted by Gasteiger charge is -2.29. The molecule has 1 aliphatic rings. The maximum absolute atomic E-state index is 9.57. The number of rotatable bonds is 10. The normalized spacial score (nSPS) is 15.5. The highest BCUT2D eigenvalue weighted by Crippen LogP contribution is 2.28. The smallest absolute Gasteiger partial charge is 0.161 e. The van der Waals surface area contributed by atoms with Crippen LogP contribution >= 0.6 is 0 Å². The first kappa shape index (κ1) is 20.6. The third kappa shape index (κ3) is 6.51. The number of nitrogens with one attached hydrogen (secondary N) is 1. The van der Waals surface area contributed by atoms with Crippen LogP contribution in [0.2, 0.25) is 0 Å². The standard InChI is InChI=1S/C23H32N2O3/c1-27-22-9-8-20(16-23(22)28-18-19-6-3-2-4-7-19)17-24-12-5-13-25-14-10-21(26)11-15-25/h2-4,6-9,16,21,24,26H,5,10-15,17-18H2,1H3. The van der Waals surface area contributed by atoms with Gasteiger partial charge in [-0.3, -0.25) is 0 Å². The van der Waals surface area contributed by atoms with Crippen molar-refractivity contribution in [2.45, 2.75) is 38.5 Å². The second kappa shape index (κ2) is 11.1. The van der Waals surface area contributed by atoms with E-state index in [0.29, 0.717) is 6.61 Å². The highest BCUT2D eigenvalue weighted by molar-refractivity contribution is 5.43. The topological polar surface area (TPSA) is 54.0 Å². The van der Waals surface area contributed by atoms with E-state index in [1.165, 1.54) is 5.56 Å². The molecule has 1 fully saturated rings. The van der Waals surface area contributed by atoms with Crippen LogP contribution in [0.25, 0.3) is 0 Å². The fourth-order valence-electron chi connectivity index (χ4n) is 3.48. The van der Waals surface area contributed by atoms with E-state index in [2.05, 4.69) is 34.5 Å². The van der Waals surface area contributed by atoms with Gasteiger partial charge in [0.25, 0.3) is 0 Å². The minimum absolute atomic E-state index is 0.0947. The number of hydrogen-bond donors (Lipinski definition) is 2. The zero-order valence-electron chi connectivity index (χ0n) is 16.8. The first-order valence-electron chi connectivity index (χ1n) is 10.2. The van der Waals surface area contributed by atoms with Crippen LogP contribution < -0.4 is 14.8 Å². The number of hydrogen-bond acceptors (Lipinski definition) is 5. The minimum atomic E-state index is -0.0947. The van der Waals surface area contributed by atoms with Crippen molar-refractivity contribution in [3.05, 3.63) is 59.7 Å². The Bertz CT molecular complexity index is 700. The van der Waals surface area contributed by atoms with Crippen molar-refractivity contribution in [3.63, 3.8) is 0 Å². The summed E-state index contributed by atoms with van der Waals surface area (Å²) in [6.45, 7) is 5.44. The van der Waals surface area contributed by atoms with Crippen LogP contribution in [-0.2, 0) is 13.2 Å². The lowest BCUT2D eigenvalue weighted by atomic mass is 10.1. The van der Waals surface area contributed by atoms with Crippen molar-refractivity contribution in [3.8, 4) is 11.5 Å². The van der Waals surface area contributed by atoms with Crippen LogP contribution in [0, 0.1) is 0 Å². The van der Waals surface area contributed by atoms with Gasteiger partial charge in [-0.15, -0.1) is 0 Å². The Hall–Kier alpha value is -2.08. The molecule has 0 radical (unpaired) electrons. The summed E-state index contributed by atoms with van der Waals surface area (Å²) >= 11 is 0. The molecular formula is C23H32N2O3. The van der Waals surface area contributed by atoms with E-state index in [1.54, 1.807) is 7.11 Å². The summed E-state index contributed by atoms with van der Waals surface area (Å²) in [5.74, 6) is 1.53.